The Labute approximate surface area is 118 Å². The summed E-state index contributed by atoms with van der Waals surface area (Å²) in [6.07, 6.45) is 2.78. The van der Waals surface area contributed by atoms with E-state index in [-0.39, 0.29) is 11.8 Å². The van der Waals surface area contributed by atoms with Crippen molar-refractivity contribution in [3.05, 3.63) is 0 Å². The van der Waals surface area contributed by atoms with Gasteiger partial charge in [0.05, 0.1) is 0 Å². The Kier molecular flexibility index (Phi) is 6.05. The molecule has 0 radical (unpaired) electrons. The molecule has 0 nitrogen and oxygen atoms in total. The zero-order valence-electron chi connectivity index (χ0n) is 8.99. The summed E-state index contributed by atoms with van der Waals surface area (Å²) in [5, 5.41) is 0. The van der Waals surface area contributed by atoms with Crippen molar-refractivity contribution >= 4 is 45.2 Å². The minimum atomic E-state index is -2.41. The van der Waals surface area contributed by atoms with Gasteiger partial charge in [0.1, 0.15) is 0 Å². The minimum Gasteiger partial charge on any atom is -0.206 e. The molecule has 2 unspecified atom stereocenters. The lowest BCUT2D eigenvalue weighted by molar-refractivity contribution is -0.143. The zero-order chi connectivity index (χ0) is 11.5. The van der Waals surface area contributed by atoms with Crippen molar-refractivity contribution in [1.82, 2.24) is 0 Å². The number of rotatable bonds is 4. The third kappa shape index (κ3) is 3.64. The lowest BCUT2D eigenvalue weighted by Crippen LogP contribution is -2.43. The summed E-state index contributed by atoms with van der Waals surface area (Å²) >= 11 is 4.41. The van der Waals surface area contributed by atoms with Crippen LogP contribution in [0.1, 0.15) is 32.6 Å². The highest BCUT2D eigenvalue weighted by Crippen LogP contribution is 2.48. The molecule has 0 bridgehead atoms. The standard InChI is InChI=1S/C11H18F2I2/c1-8-6-9(2-4-14)11(12,13)10(7-8)3-5-15/h8-10H,2-7H2,1H3. The van der Waals surface area contributed by atoms with Crippen LogP contribution < -0.4 is 0 Å². The van der Waals surface area contributed by atoms with Gasteiger partial charge in [-0.05, 0) is 31.6 Å². The molecule has 1 aliphatic rings. The molecule has 2 atom stereocenters. The van der Waals surface area contributed by atoms with Crippen molar-refractivity contribution in [2.24, 2.45) is 17.8 Å². The van der Waals surface area contributed by atoms with E-state index in [2.05, 4.69) is 52.1 Å². The highest BCUT2D eigenvalue weighted by molar-refractivity contribution is 14.1. The highest BCUT2D eigenvalue weighted by atomic mass is 127. The largest absolute Gasteiger partial charge is 0.253 e. The normalized spacial score (nSPS) is 35.4. The minimum absolute atomic E-state index is 0.369. The van der Waals surface area contributed by atoms with Crippen LogP contribution in [-0.2, 0) is 0 Å². The smallest absolute Gasteiger partial charge is 0.206 e. The van der Waals surface area contributed by atoms with Crippen LogP contribution in [0.4, 0.5) is 8.78 Å². The van der Waals surface area contributed by atoms with Gasteiger partial charge in [-0.15, -0.1) is 0 Å². The molecule has 0 spiro atoms. The molecule has 0 amide bonds. The summed E-state index contributed by atoms with van der Waals surface area (Å²) < 4.78 is 29.8. The van der Waals surface area contributed by atoms with E-state index >= 15 is 0 Å². The van der Waals surface area contributed by atoms with E-state index in [1.54, 1.807) is 0 Å². The maximum absolute atomic E-state index is 14.1. The number of hydrogen-bond acceptors (Lipinski definition) is 0. The Morgan fingerprint density at radius 3 is 1.80 bits per heavy atom. The van der Waals surface area contributed by atoms with Crippen LogP contribution in [0.2, 0.25) is 0 Å². The molecular weight excluding hydrogens is 424 g/mol. The van der Waals surface area contributed by atoms with Crippen molar-refractivity contribution in [1.29, 1.82) is 0 Å². The van der Waals surface area contributed by atoms with Crippen LogP contribution in [0, 0.1) is 17.8 Å². The van der Waals surface area contributed by atoms with E-state index in [9.17, 15) is 8.78 Å². The second-order valence-electron chi connectivity index (χ2n) is 4.60. The van der Waals surface area contributed by atoms with Crippen molar-refractivity contribution in [3.8, 4) is 0 Å². The van der Waals surface area contributed by atoms with Crippen molar-refractivity contribution < 1.29 is 8.78 Å². The first-order valence-corrected chi connectivity index (χ1v) is 8.57. The topological polar surface area (TPSA) is 0 Å². The van der Waals surface area contributed by atoms with Gasteiger partial charge in [0.25, 0.3) is 5.92 Å². The van der Waals surface area contributed by atoms with E-state index in [4.69, 9.17) is 0 Å². The van der Waals surface area contributed by atoms with Gasteiger partial charge < -0.3 is 0 Å². The Balaban J connectivity index is 2.71. The highest BCUT2D eigenvalue weighted by Gasteiger charge is 2.49. The van der Waals surface area contributed by atoms with Crippen LogP contribution in [0.25, 0.3) is 0 Å². The molecule has 4 heteroatoms. The van der Waals surface area contributed by atoms with E-state index in [0.29, 0.717) is 31.6 Å². The van der Waals surface area contributed by atoms with Crippen LogP contribution in [-0.4, -0.2) is 14.8 Å². The predicted octanol–water partition coefficient (Wildman–Crippen LogP) is 4.93. The second kappa shape index (κ2) is 6.31. The summed E-state index contributed by atoms with van der Waals surface area (Å²) in [5.74, 6) is -2.68. The Morgan fingerprint density at radius 1 is 1.07 bits per heavy atom. The summed E-state index contributed by atoms with van der Waals surface area (Å²) in [5.41, 5.74) is 0. The summed E-state index contributed by atoms with van der Waals surface area (Å²) in [6, 6.07) is 0. The second-order valence-corrected chi connectivity index (χ2v) is 6.76. The monoisotopic (exact) mass is 442 g/mol. The van der Waals surface area contributed by atoms with Crippen molar-refractivity contribution in [2.45, 2.75) is 38.5 Å². The molecule has 90 valence electrons. The van der Waals surface area contributed by atoms with Gasteiger partial charge in [0, 0.05) is 20.7 Å². The molecule has 0 aromatic heterocycles. The average Bonchev–Trinajstić information content (AvgIpc) is 2.14. The molecular formula is C11H18F2I2. The number of alkyl halides is 4. The molecule has 0 saturated heterocycles. The molecule has 1 saturated carbocycles. The summed E-state index contributed by atoms with van der Waals surface area (Å²) in [4.78, 5) is 0. The Bertz CT molecular complexity index is 179. The van der Waals surface area contributed by atoms with Crippen LogP contribution >= 0.6 is 45.2 Å². The third-order valence-corrected chi connectivity index (χ3v) is 4.62. The lowest BCUT2D eigenvalue weighted by Gasteiger charge is -2.40. The summed E-state index contributed by atoms with van der Waals surface area (Å²) in [7, 11) is 0. The van der Waals surface area contributed by atoms with E-state index in [1.807, 2.05) is 0 Å². The summed E-state index contributed by atoms with van der Waals surface area (Å²) in [6.45, 7) is 2.12. The molecule has 0 aromatic carbocycles. The molecule has 0 heterocycles. The maximum Gasteiger partial charge on any atom is 0.253 e. The van der Waals surface area contributed by atoms with E-state index in [1.165, 1.54) is 0 Å². The Hall–Kier alpha value is 1.32. The van der Waals surface area contributed by atoms with Crippen molar-refractivity contribution in [2.75, 3.05) is 8.86 Å². The first-order valence-electron chi connectivity index (χ1n) is 5.52. The van der Waals surface area contributed by atoms with Gasteiger partial charge in [-0.25, -0.2) is 8.78 Å². The van der Waals surface area contributed by atoms with Gasteiger partial charge in [0.2, 0.25) is 0 Å². The molecule has 1 fully saturated rings. The van der Waals surface area contributed by atoms with Gasteiger partial charge in [-0.1, -0.05) is 52.1 Å². The number of hydrogen-bond donors (Lipinski definition) is 0. The molecule has 0 N–H and O–H groups in total. The molecule has 1 rings (SSSR count). The fourth-order valence-electron chi connectivity index (χ4n) is 2.60. The molecule has 15 heavy (non-hydrogen) atoms. The quantitative estimate of drug-likeness (QED) is 0.428. The first-order chi connectivity index (χ1) is 7.02. The molecule has 0 aromatic rings. The Morgan fingerprint density at radius 2 is 1.47 bits per heavy atom. The molecule has 1 aliphatic carbocycles. The number of halogens is 4. The fourth-order valence-corrected chi connectivity index (χ4v) is 4.10. The fraction of sp³-hybridized carbons (Fsp3) is 1.00. The van der Waals surface area contributed by atoms with E-state index < -0.39 is 5.92 Å². The third-order valence-electron chi connectivity index (χ3n) is 3.38. The van der Waals surface area contributed by atoms with Gasteiger partial charge in [0.15, 0.2) is 0 Å². The lowest BCUT2D eigenvalue weighted by atomic mass is 9.71. The maximum atomic E-state index is 14.1. The first kappa shape index (κ1) is 14.4. The van der Waals surface area contributed by atoms with Crippen LogP contribution in [0.15, 0.2) is 0 Å². The van der Waals surface area contributed by atoms with Crippen molar-refractivity contribution in [3.63, 3.8) is 0 Å². The van der Waals surface area contributed by atoms with E-state index in [0.717, 1.165) is 8.86 Å². The van der Waals surface area contributed by atoms with Gasteiger partial charge in [-0.3, -0.25) is 0 Å². The van der Waals surface area contributed by atoms with Crippen LogP contribution in [0.3, 0.4) is 0 Å². The van der Waals surface area contributed by atoms with Gasteiger partial charge in [-0.2, -0.15) is 0 Å². The SMILES string of the molecule is CC1CC(CCI)C(F)(F)C(CCI)C1. The zero-order valence-corrected chi connectivity index (χ0v) is 13.3. The van der Waals surface area contributed by atoms with Gasteiger partial charge >= 0.3 is 0 Å². The molecule has 0 aliphatic heterocycles. The average molecular weight is 442 g/mol. The van der Waals surface area contributed by atoms with Crippen LogP contribution in [0.5, 0.6) is 0 Å². The predicted molar refractivity (Wildman–Crippen MR) is 77.3 cm³/mol.